The fourth-order valence-electron chi connectivity index (χ4n) is 3.14. The average Bonchev–Trinajstić information content (AvgIpc) is 3.31. The largest absolute Gasteiger partial charge is 0.497 e. The van der Waals surface area contributed by atoms with Crippen LogP contribution in [0.2, 0.25) is 0 Å². The van der Waals surface area contributed by atoms with E-state index >= 15 is 0 Å². The van der Waals surface area contributed by atoms with Gasteiger partial charge in [0.2, 0.25) is 0 Å². The Labute approximate surface area is 170 Å². The number of allylic oxidation sites excluding steroid dienone is 1. The number of nitrogens with zero attached hydrogens (tertiary/aromatic N) is 1. The summed E-state index contributed by atoms with van der Waals surface area (Å²) in [4.78, 5) is 26.3. The Morgan fingerprint density at radius 1 is 0.966 bits per heavy atom. The molecule has 0 atom stereocenters. The molecule has 29 heavy (non-hydrogen) atoms. The van der Waals surface area contributed by atoms with Crippen LogP contribution in [0.4, 0.5) is 0 Å². The number of ether oxygens (including phenoxy) is 3. The van der Waals surface area contributed by atoms with Gasteiger partial charge in [0, 0.05) is 30.3 Å². The van der Waals surface area contributed by atoms with E-state index in [0.717, 1.165) is 31.5 Å². The average molecular weight is 395 g/mol. The molecule has 1 amide bonds. The lowest BCUT2D eigenvalue weighted by atomic mass is 10.1. The molecule has 0 aromatic heterocycles. The number of hydrogen-bond acceptors (Lipinski definition) is 5. The van der Waals surface area contributed by atoms with E-state index in [2.05, 4.69) is 0 Å². The molecular formula is C23H25NO5. The molecule has 0 N–H and O–H groups in total. The summed E-state index contributed by atoms with van der Waals surface area (Å²) in [6.45, 7) is 1.63. The minimum Gasteiger partial charge on any atom is -0.497 e. The Morgan fingerprint density at radius 2 is 1.66 bits per heavy atom. The van der Waals surface area contributed by atoms with Crippen molar-refractivity contribution < 1.29 is 23.8 Å². The van der Waals surface area contributed by atoms with Gasteiger partial charge in [0.15, 0.2) is 12.4 Å². The van der Waals surface area contributed by atoms with Crippen LogP contribution in [0.5, 0.6) is 17.2 Å². The lowest BCUT2D eigenvalue weighted by molar-refractivity contribution is -0.132. The van der Waals surface area contributed by atoms with Crippen LogP contribution in [-0.4, -0.2) is 50.5 Å². The standard InChI is InChI=1S/C23H25NO5/c1-27-20-11-7-18(22(15-20)28-2)8-12-21(25)17-5-9-19(10-6-17)29-16-23(26)24-13-3-4-14-24/h5-12,15H,3-4,13-14,16H2,1-2H3/b12-8+. The summed E-state index contributed by atoms with van der Waals surface area (Å²) in [5.74, 6) is 1.74. The van der Waals surface area contributed by atoms with Gasteiger partial charge in [0.25, 0.3) is 5.91 Å². The molecule has 1 aliphatic rings. The van der Waals surface area contributed by atoms with Gasteiger partial charge in [0.1, 0.15) is 17.2 Å². The minimum atomic E-state index is -0.137. The second-order valence-corrected chi connectivity index (χ2v) is 6.71. The molecule has 1 heterocycles. The van der Waals surface area contributed by atoms with Crippen LogP contribution in [0.1, 0.15) is 28.8 Å². The molecular weight excluding hydrogens is 370 g/mol. The molecule has 6 nitrogen and oxygen atoms in total. The first-order chi connectivity index (χ1) is 14.1. The molecule has 2 aromatic rings. The molecule has 152 valence electrons. The number of amides is 1. The van der Waals surface area contributed by atoms with Crippen LogP contribution in [0.15, 0.2) is 48.5 Å². The van der Waals surface area contributed by atoms with Crippen molar-refractivity contribution >= 4 is 17.8 Å². The third-order valence-corrected chi connectivity index (χ3v) is 4.81. The van der Waals surface area contributed by atoms with Crippen LogP contribution in [0.25, 0.3) is 6.08 Å². The highest BCUT2D eigenvalue weighted by molar-refractivity contribution is 6.07. The van der Waals surface area contributed by atoms with Crippen molar-refractivity contribution in [1.82, 2.24) is 4.90 Å². The Balaban J connectivity index is 1.58. The zero-order chi connectivity index (χ0) is 20.6. The zero-order valence-corrected chi connectivity index (χ0v) is 16.7. The van der Waals surface area contributed by atoms with E-state index in [4.69, 9.17) is 14.2 Å². The Morgan fingerprint density at radius 3 is 2.31 bits per heavy atom. The van der Waals surface area contributed by atoms with E-state index in [1.165, 1.54) is 6.08 Å². The zero-order valence-electron chi connectivity index (χ0n) is 16.7. The summed E-state index contributed by atoms with van der Waals surface area (Å²) in [7, 11) is 3.16. The van der Waals surface area contributed by atoms with Gasteiger partial charge >= 0.3 is 0 Å². The van der Waals surface area contributed by atoms with Crippen molar-refractivity contribution in [2.75, 3.05) is 33.9 Å². The molecule has 1 saturated heterocycles. The van der Waals surface area contributed by atoms with Crippen molar-refractivity contribution in [2.24, 2.45) is 0 Å². The summed E-state index contributed by atoms with van der Waals surface area (Å²) in [5.41, 5.74) is 1.31. The van der Waals surface area contributed by atoms with Crippen LogP contribution < -0.4 is 14.2 Å². The molecule has 0 unspecified atom stereocenters. The van der Waals surface area contributed by atoms with E-state index in [1.807, 2.05) is 17.0 Å². The van der Waals surface area contributed by atoms with Gasteiger partial charge < -0.3 is 19.1 Å². The number of carbonyl (C=O) groups excluding carboxylic acids is 2. The highest BCUT2D eigenvalue weighted by Crippen LogP contribution is 2.25. The predicted octanol–water partition coefficient (Wildman–Crippen LogP) is 3.60. The van der Waals surface area contributed by atoms with Gasteiger partial charge in [-0.3, -0.25) is 9.59 Å². The molecule has 0 aliphatic carbocycles. The van der Waals surface area contributed by atoms with Gasteiger partial charge in [-0.1, -0.05) is 0 Å². The van der Waals surface area contributed by atoms with Gasteiger partial charge in [-0.05, 0) is 61.4 Å². The molecule has 0 radical (unpaired) electrons. The van der Waals surface area contributed by atoms with E-state index in [1.54, 1.807) is 50.6 Å². The van der Waals surface area contributed by atoms with Crippen LogP contribution >= 0.6 is 0 Å². The summed E-state index contributed by atoms with van der Waals surface area (Å²) >= 11 is 0. The second kappa shape index (κ2) is 9.78. The summed E-state index contributed by atoms with van der Waals surface area (Å²) in [5, 5.41) is 0. The first-order valence-corrected chi connectivity index (χ1v) is 9.56. The van der Waals surface area contributed by atoms with Gasteiger partial charge in [-0.2, -0.15) is 0 Å². The van der Waals surface area contributed by atoms with Gasteiger partial charge in [-0.15, -0.1) is 0 Å². The maximum Gasteiger partial charge on any atom is 0.260 e. The SMILES string of the molecule is COc1ccc(/C=C/C(=O)c2ccc(OCC(=O)N3CCCC3)cc2)c(OC)c1. The molecule has 0 bridgehead atoms. The first kappa shape index (κ1) is 20.5. The van der Waals surface area contributed by atoms with E-state index in [-0.39, 0.29) is 18.3 Å². The summed E-state index contributed by atoms with van der Waals surface area (Å²) in [6.07, 6.45) is 5.31. The van der Waals surface area contributed by atoms with Crippen molar-refractivity contribution in [3.05, 3.63) is 59.7 Å². The number of carbonyl (C=O) groups is 2. The van der Waals surface area contributed by atoms with Crippen molar-refractivity contribution in [3.8, 4) is 17.2 Å². The Hall–Kier alpha value is -3.28. The fraction of sp³-hybridized carbons (Fsp3) is 0.304. The van der Waals surface area contributed by atoms with Crippen molar-refractivity contribution in [1.29, 1.82) is 0 Å². The highest BCUT2D eigenvalue weighted by Gasteiger charge is 2.18. The normalized spacial score (nSPS) is 13.5. The minimum absolute atomic E-state index is 0.000903. The number of methoxy groups -OCH3 is 2. The van der Waals surface area contributed by atoms with Gasteiger partial charge in [-0.25, -0.2) is 0 Å². The molecule has 1 fully saturated rings. The van der Waals surface area contributed by atoms with Crippen LogP contribution in [0.3, 0.4) is 0 Å². The lowest BCUT2D eigenvalue weighted by Gasteiger charge is -2.15. The predicted molar refractivity (Wildman–Crippen MR) is 111 cm³/mol. The highest BCUT2D eigenvalue weighted by atomic mass is 16.5. The number of rotatable bonds is 8. The van der Waals surface area contributed by atoms with Crippen LogP contribution in [-0.2, 0) is 4.79 Å². The quantitative estimate of drug-likeness (QED) is 0.505. The first-order valence-electron chi connectivity index (χ1n) is 9.56. The number of benzene rings is 2. The number of likely N-dealkylation sites (tertiary alicyclic amines) is 1. The molecule has 0 saturated carbocycles. The van der Waals surface area contributed by atoms with Crippen molar-refractivity contribution in [2.45, 2.75) is 12.8 Å². The smallest absolute Gasteiger partial charge is 0.260 e. The number of ketones is 1. The topological polar surface area (TPSA) is 65.1 Å². The lowest BCUT2D eigenvalue weighted by Crippen LogP contribution is -2.32. The number of hydrogen-bond donors (Lipinski definition) is 0. The maximum atomic E-state index is 12.4. The third kappa shape index (κ3) is 5.38. The summed E-state index contributed by atoms with van der Waals surface area (Å²) in [6, 6.07) is 12.2. The monoisotopic (exact) mass is 395 g/mol. The second-order valence-electron chi connectivity index (χ2n) is 6.71. The van der Waals surface area contributed by atoms with E-state index in [0.29, 0.717) is 22.8 Å². The third-order valence-electron chi connectivity index (χ3n) is 4.81. The molecule has 3 rings (SSSR count). The van der Waals surface area contributed by atoms with Crippen molar-refractivity contribution in [3.63, 3.8) is 0 Å². The molecule has 0 spiro atoms. The van der Waals surface area contributed by atoms with E-state index in [9.17, 15) is 9.59 Å². The molecule has 1 aliphatic heterocycles. The molecule has 6 heteroatoms. The Kier molecular flexibility index (Phi) is 6.89. The fourth-order valence-corrected chi connectivity index (χ4v) is 3.14. The Bertz CT molecular complexity index is 883. The molecule has 2 aromatic carbocycles. The summed E-state index contributed by atoms with van der Waals surface area (Å²) < 4.78 is 16.1. The van der Waals surface area contributed by atoms with Crippen LogP contribution in [0, 0.1) is 0 Å². The van der Waals surface area contributed by atoms with E-state index < -0.39 is 0 Å². The maximum absolute atomic E-state index is 12.4. The van der Waals surface area contributed by atoms with Gasteiger partial charge in [0.05, 0.1) is 14.2 Å².